The van der Waals surface area contributed by atoms with Crippen molar-refractivity contribution in [2.45, 2.75) is 38.8 Å². The fraction of sp³-hybridized carbons (Fsp3) is 0.300. The highest BCUT2D eigenvalue weighted by Gasteiger charge is 2.36. The van der Waals surface area contributed by atoms with Crippen molar-refractivity contribution in [1.82, 2.24) is 0 Å². The fourth-order valence-corrected chi connectivity index (χ4v) is 4.19. The number of nitrogens with one attached hydrogen (secondary N) is 1. The van der Waals surface area contributed by atoms with E-state index in [2.05, 4.69) is 26.1 Å². The predicted octanol–water partition coefficient (Wildman–Crippen LogP) is 6.33. The van der Waals surface area contributed by atoms with Gasteiger partial charge in [0, 0.05) is 24.3 Å². The van der Waals surface area contributed by atoms with Crippen molar-refractivity contribution in [2.24, 2.45) is 5.92 Å². The third-order valence-electron chi connectivity index (χ3n) is 6.38. The molecule has 40 heavy (non-hydrogen) atoms. The topological polar surface area (TPSA) is 84.9 Å². The number of anilines is 2. The van der Waals surface area contributed by atoms with Crippen LogP contribution in [0.5, 0.6) is 11.5 Å². The van der Waals surface area contributed by atoms with E-state index < -0.39 is 36.1 Å². The van der Waals surface area contributed by atoms with Gasteiger partial charge in [-0.2, -0.15) is 13.2 Å². The molecular formula is C30H29F3N2O5. The van der Waals surface area contributed by atoms with Gasteiger partial charge in [0.1, 0.15) is 11.5 Å². The van der Waals surface area contributed by atoms with E-state index in [0.29, 0.717) is 17.2 Å². The first-order valence-electron chi connectivity index (χ1n) is 12.6. The smallest absolute Gasteiger partial charge is 0.416 e. The standard InChI is InChI=1S/C30H29F3N2O5/c1-29(2,3)20-7-11-24(12-8-20)40-25-13-9-23(10-14-25)35-17-19(15-27(35)37)28(38)39-18-26(36)34-22-6-4-5-21(16-22)30(31,32)33/h4-14,16,19H,15,17-18H2,1-3H3,(H,34,36)/t19-/m0/s1. The molecule has 0 bridgehead atoms. The zero-order chi connectivity index (χ0) is 29.1. The van der Waals surface area contributed by atoms with Gasteiger partial charge in [-0.05, 0) is 65.6 Å². The average Bonchev–Trinajstić information content (AvgIpc) is 3.29. The van der Waals surface area contributed by atoms with Crippen molar-refractivity contribution in [3.8, 4) is 11.5 Å². The van der Waals surface area contributed by atoms with Crippen LogP contribution in [0, 0.1) is 5.92 Å². The first-order valence-corrected chi connectivity index (χ1v) is 12.6. The Morgan fingerprint density at radius 1 is 0.925 bits per heavy atom. The van der Waals surface area contributed by atoms with E-state index in [1.54, 1.807) is 24.3 Å². The van der Waals surface area contributed by atoms with Crippen LogP contribution in [0.25, 0.3) is 0 Å². The summed E-state index contributed by atoms with van der Waals surface area (Å²) in [5, 5.41) is 2.27. The Hall–Kier alpha value is -4.34. The number of carbonyl (C=O) groups excluding carboxylic acids is 3. The molecule has 210 valence electrons. The molecule has 1 saturated heterocycles. The van der Waals surface area contributed by atoms with Crippen LogP contribution in [0.4, 0.5) is 24.5 Å². The van der Waals surface area contributed by atoms with Crippen LogP contribution in [0.3, 0.4) is 0 Å². The van der Waals surface area contributed by atoms with E-state index in [-0.39, 0.29) is 30.0 Å². The second-order valence-corrected chi connectivity index (χ2v) is 10.5. The van der Waals surface area contributed by atoms with E-state index in [1.807, 2.05) is 24.3 Å². The van der Waals surface area contributed by atoms with Gasteiger partial charge in [0.2, 0.25) is 5.91 Å². The highest BCUT2D eigenvalue weighted by molar-refractivity contribution is 6.00. The predicted molar refractivity (Wildman–Crippen MR) is 143 cm³/mol. The van der Waals surface area contributed by atoms with Gasteiger partial charge in [0.15, 0.2) is 6.61 Å². The maximum Gasteiger partial charge on any atom is 0.416 e. The summed E-state index contributed by atoms with van der Waals surface area (Å²) in [5.41, 5.74) is 0.810. The summed E-state index contributed by atoms with van der Waals surface area (Å²) in [5.74, 6) is -1.33. The van der Waals surface area contributed by atoms with Crippen LogP contribution in [0.1, 0.15) is 38.3 Å². The van der Waals surface area contributed by atoms with Crippen molar-refractivity contribution in [3.05, 3.63) is 83.9 Å². The molecule has 0 aliphatic carbocycles. The number of rotatable bonds is 7. The van der Waals surface area contributed by atoms with Gasteiger partial charge in [-0.15, -0.1) is 0 Å². The Morgan fingerprint density at radius 2 is 1.55 bits per heavy atom. The molecule has 4 rings (SSSR count). The Kier molecular flexibility index (Phi) is 8.18. The number of hydrogen-bond donors (Lipinski definition) is 1. The van der Waals surface area contributed by atoms with E-state index in [4.69, 9.17) is 9.47 Å². The molecule has 0 radical (unpaired) electrons. The van der Waals surface area contributed by atoms with E-state index in [1.165, 1.54) is 16.5 Å². The quantitative estimate of drug-likeness (QED) is 0.345. The lowest BCUT2D eigenvalue weighted by Gasteiger charge is -2.19. The minimum atomic E-state index is -4.56. The molecule has 7 nitrogen and oxygen atoms in total. The van der Waals surface area contributed by atoms with Gasteiger partial charge in [-0.25, -0.2) is 0 Å². The fourth-order valence-electron chi connectivity index (χ4n) is 4.19. The molecule has 3 aromatic carbocycles. The highest BCUT2D eigenvalue weighted by Crippen LogP contribution is 2.32. The minimum Gasteiger partial charge on any atom is -0.457 e. The Balaban J connectivity index is 1.28. The zero-order valence-corrected chi connectivity index (χ0v) is 22.2. The first kappa shape index (κ1) is 28.7. The molecule has 1 N–H and O–H groups in total. The van der Waals surface area contributed by atoms with E-state index in [9.17, 15) is 27.6 Å². The van der Waals surface area contributed by atoms with Crippen molar-refractivity contribution < 1.29 is 37.0 Å². The van der Waals surface area contributed by atoms with Gasteiger partial charge in [0.25, 0.3) is 5.91 Å². The van der Waals surface area contributed by atoms with Crippen LogP contribution >= 0.6 is 0 Å². The summed E-state index contributed by atoms with van der Waals surface area (Å²) in [6.07, 6.45) is -4.65. The summed E-state index contributed by atoms with van der Waals surface area (Å²) in [7, 11) is 0. The van der Waals surface area contributed by atoms with Crippen LogP contribution in [-0.2, 0) is 30.7 Å². The molecule has 3 aromatic rings. The summed E-state index contributed by atoms with van der Waals surface area (Å²) in [6.45, 7) is 5.77. The van der Waals surface area contributed by atoms with Crippen molar-refractivity contribution in [3.63, 3.8) is 0 Å². The van der Waals surface area contributed by atoms with Gasteiger partial charge < -0.3 is 19.7 Å². The second kappa shape index (κ2) is 11.4. The van der Waals surface area contributed by atoms with Crippen LogP contribution in [0.15, 0.2) is 72.8 Å². The van der Waals surface area contributed by atoms with Gasteiger partial charge in [0.05, 0.1) is 11.5 Å². The highest BCUT2D eigenvalue weighted by atomic mass is 19.4. The molecule has 0 aromatic heterocycles. The van der Waals surface area contributed by atoms with Crippen LogP contribution < -0.4 is 15.0 Å². The summed E-state index contributed by atoms with van der Waals surface area (Å²) >= 11 is 0. The summed E-state index contributed by atoms with van der Waals surface area (Å²) in [4.78, 5) is 38.7. The normalized spacial score (nSPS) is 15.6. The molecular weight excluding hydrogens is 525 g/mol. The average molecular weight is 555 g/mol. The molecule has 1 heterocycles. The number of halogens is 3. The molecule has 1 aliphatic rings. The van der Waals surface area contributed by atoms with Crippen molar-refractivity contribution in [1.29, 1.82) is 0 Å². The number of benzene rings is 3. The largest absolute Gasteiger partial charge is 0.457 e. The maximum atomic E-state index is 12.9. The molecule has 0 saturated carbocycles. The van der Waals surface area contributed by atoms with Crippen LogP contribution in [-0.4, -0.2) is 30.9 Å². The number of amides is 2. The summed E-state index contributed by atoms with van der Waals surface area (Å²) in [6, 6.07) is 18.8. The molecule has 1 atom stereocenters. The molecule has 2 amide bonds. The van der Waals surface area contributed by atoms with Crippen molar-refractivity contribution in [2.75, 3.05) is 23.4 Å². The molecule has 0 unspecified atom stereocenters. The van der Waals surface area contributed by atoms with E-state index in [0.717, 1.165) is 18.2 Å². The molecule has 10 heteroatoms. The Morgan fingerprint density at radius 3 is 2.15 bits per heavy atom. The van der Waals surface area contributed by atoms with Gasteiger partial charge in [-0.3, -0.25) is 14.4 Å². The number of hydrogen-bond acceptors (Lipinski definition) is 5. The zero-order valence-electron chi connectivity index (χ0n) is 22.2. The first-order chi connectivity index (χ1) is 18.8. The SMILES string of the molecule is CC(C)(C)c1ccc(Oc2ccc(N3C[C@@H](C(=O)OCC(=O)Nc4cccc(C(F)(F)F)c4)CC3=O)cc2)cc1. The Bertz CT molecular complexity index is 1380. The third-order valence-corrected chi connectivity index (χ3v) is 6.38. The molecule has 1 fully saturated rings. The lowest BCUT2D eigenvalue weighted by molar-refractivity contribution is -0.151. The maximum absolute atomic E-state index is 12.9. The molecule has 0 spiro atoms. The minimum absolute atomic E-state index is 0.0332. The van der Waals surface area contributed by atoms with Gasteiger partial charge in [-0.1, -0.05) is 39.0 Å². The second-order valence-electron chi connectivity index (χ2n) is 10.5. The number of alkyl halides is 3. The number of ether oxygens (including phenoxy) is 2. The van der Waals surface area contributed by atoms with Crippen molar-refractivity contribution >= 4 is 29.2 Å². The number of nitrogens with zero attached hydrogens (tertiary/aromatic N) is 1. The van der Waals surface area contributed by atoms with E-state index >= 15 is 0 Å². The summed E-state index contributed by atoms with van der Waals surface area (Å²) < 4.78 is 49.5. The van der Waals surface area contributed by atoms with Gasteiger partial charge >= 0.3 is 12.1 Å². The number of carbonyl (C=O) groups is 3. The van der Waals surface area contributed by atoms with Crippen LogP contribution in [0.2, 0.25) is 0 Å². The third kappa shape index (κ3) is 7.19. The Labute approximate surface area is 229 Å². The monoisotopic (exact) mass is 554 g/mol. The number of esters is 1. The lowest BCUT2D eigenvalue weighted by atomic mass is 9.87. The molecule has 1 aliphatic heterocycles. The lowest BCUT2D eigenvalue weighted by Crippen LogP contribution is -2.28.